The summed E-state index contributed by atoms with van der Waals surface area (Å²) >= 11 is 12.0. The van der Waals surface area contributed by atoms with Crippen molar-refractivity contribution in [3.05, 3.63) is 94.6 Å². The fourth-order valence-electron chi connectivity index (χ4n) is 2.99. The maximum atomic E-state index is 13.5. The molecule has 3 aromatic carbocycles. The lowest BCUT2D eigenvalue weighted by molar-refractivity contribution is -0.141. The van der Waals surface area contributed by atoms with Crippen LogP contribution in [0.3, 0.4) is 0 Å². The number of alkyl halides is 3. The second-order valence-corrected chi connectivity index (χ2v) is 7.35. The van der Waals surface area contributed by atoms with Crippen LogP contribution in [0.15, 0.2) is 78.9 Å². The van der Waals surface area contributed by atoms with Gasteiger partial charge in [0.2, 0.25) is 0 Å². The molecule has 0 bridgehead atoms. The molecule has 0 N–H and O–H groups in total. The van der Waals surface area contributed by atoms with Crippen LogP contribution < -0.4 is 0 Å². The normalized spacial score (nSPS) is 11.5. The minimum Gasteiger partial charge on any atom is -0.228 e. The van der Waals surface area contributed by atoms with Gasteiger partial charge in [-0.25, -0.2) is 9.97 Å². The molecule has 0 atom stereocenters. The number of rotatable bonds is 3. The zero-order valence-electron chi connectivity index (χ0n) is 15.3. The Balaban J connectivity index is 1.87. The predicted octanol–water partition coefficient (Wildman–Crippen LogP) is 7.80. The van der Waals surface area contributed by atoms with Crippen LogP contribution in [-0.4, -0.2) is 9.97 Å². The summed E-state index contributed by atoms with van der Waals surface area (Å²) in [4.78, 5) is 8.16. The molecule has 0 aliphatic heterocycles. The van der Waals surface area contributed by atoms with Gasteiger partial charge in [-0.05, 0) is 35.4 Å². The number of aromatic nitrogens is 2. The topological polar surface area (TPSA) is 25.8 Å². The predicted molar refractivity (Wildman–Crippen MR) is 113 cm³/mol. The van der Waals surface area contributed by atoms with E-state index in [0.717, 1.165) is 17.2 Å². The lowest BCUT2D eigenvalue weighted by Gasteiger charge is -2.12. The van der Waals surface area contributed by atoms with Crippen molar-refractivity contribution in [2.24, 2.45) is 0 Å². The minimum absolute atomic E-state index is 0.0244. The standard InChI is InChI=1S/C23H13Cl2F3N2/c24-18-10-9-16(12-19(18)25)20-13-21(23(26,27)28)30-22(29-20)17-8-4-7-15(11-17)14-5-2-1-3-6-14/h1-13H. The van der Waals surface area contributed by atoms with E-state index in [4.69, 9.17) is 23.2 Å². The van der Waals surface area contributed by atoms with Gasteiger partial charge in [0.05, 0.1) is 15.7 Å². The Kier molecular flexibility index (Phi) is 5.50. The van der Waals surface area contributed by atoms with E-state index in [2.05, 4.69) is 9.97 Å². The van der Waals surface area contributed by atoms with Crippen molar-refractivity contribution < 1.29 is 13.2 Å². The fourth-order valence-corrected chi connectivity index (χ4v) is 3.29. The minimum atomic E-state index is -4.63. The highest BCUT2D eigenvalue weighted by Gasteiger charge is 2.34. The Morgan fingerprint density at radius 2 is 1.30 bits per heavy atom. The average molecular weight is 445 g/mol. The highest BCUT2D eigenvalue weighted by molar-refractivity contribution is 6.42. The van der Waals surface area contributed by atoms with Crippen molar-refractivity contribution in [3.8, 4) is 33.8 Å². The molecule has 4 aromatic rings. The van der Waals surface area contributed by atoms with Crippen molar-refractivity contribution in [1.82, 2.24) is 9.97 Å². The van der Waals surface area contributed by atoms with Crippen LogP contribution in [0, 0.1) is 0 Å². The van der Waals surface area contributed by atoms with Gasteiger partial charge in [0.1, 0.15) is 5.69 Å². The molecule has 150 valence electrons. The molecule has 7 heteroatoms. The van der Waals surface area contributed by atoms with Gasteiger partial charge in [0.25, 0.3) is 0 Å². The molecule has 30 heavy (non-hydrogen) atoms. The van der Waals surface area contributed by atoms with Gasteiger partial charge in [-0.1, -0.05) is 77.8 Å². The first-order valence-corrected chi connectivity index (χ1v) is 9.64. The number of benzene rings is 3. The van der Waals surface area contributed by atoms with Gasteiger partial charge < -0.3 is 0 Å². The number of halogens is 5. The van der Waals surface area contributed by atoms with Crippen molar-refractivity contribution in [3.63, 3.8) is 0 Å². The zero-order chi connectivity index (χ0) is 21.3. The first-order chi connectivity index (χ1) is 14.3. The summed E-state index contributed by atoms with van der Waals surface area (Å²) in [5.41, 5.74) is 1.76. The molecular weight excluding hydrogens is 432 g/mol. The first-order valence-electron chi connectivity index (χ1n) is 8.89. The van der Waals surface area contributed by atoms with Gasteiger partial charge in [-0.3, -0.25) is 0 Å². The molecule has 0 fully saturated rings. The van der Waals surface area contributed by atoms with E-state index in [1.165, 1.54) is 12.1 Å². The van der Waals surface area contributed by atoms with Gasteiger partial charge in [0, 0.05) is 11.1 Å². The van der Waals surface area contributed by atoms with Crippen LogP contribution in [0.5, 0.6) is 0 Å². The summed E-state index contributed by atoms with van der Waals surface area (Å²) in [5.74, 6) is -0.0244. The van der Waals surface area contributed by atoms with Gasteiger partial charge in [-0.15, -0.1) is 0 Å². The summed E-state index contributed by atoms with van der Waals surface area (Å²) in [6.45, 7) is 0. The van der Waals surface area contributed by atoms with E-state index in [1.54, 1.807) is 24.3 Å². The molecule has 1 aromatic heterocycles. The molecule has 4 rings (SSSR count). The van der Waals surface area contributed by atoms with Crippen molar-refractivity contribution >= 4 is 23.2 Å². The molecule has 0 saturated carbocycles. The molecule has 0 radical (unpaired) electrons. The first kappa shape index (κ1) is 20.4. The number of hydrogen-bond acceptors (Lipinski definition) is 2. The van der Waals surface area contributed by atoms with E-state index >= 15 is 0 Å². The Morgan fingerprint density at radius 1 is 0.600 bits per heavy atom. The Hall–Kier alpha value is -2.89. The Morgan fingerprint density at radius 3 is 2.00 bits per heavy atom. The summed E-state index contributed by atoms with van der Waals surface area (Å²) in [5, 5.41) is 0.537. The van der Waals surface area contributed by atoms with Gasteiger partial charge >= 0.3 is 6.18 Å². The van der Waals surface area contributed by atoms with E-state index in [1.807, 2.05) is 36.4 Å². The van der Waals surface area contributed by atoms with Crippen LogP contribution >= 0.6 is 23.2 Å². The zero-order valence-corrected chi connectivity index (χ0v) is 16.8. The molecule has 1 heterocycles. The molecule has 0 amide bonds. The van der Waals surface area contributed by atoms with Crippen molar-refractivity contribution in [1.29, 1.82) is 0 Å². The largest absolute Gasteiger partial charge is 0.433 e. The van der Waals surface area contributed by atoms with Crippen LogP contribution in [0.4, 0.5) is 13.2 Å². The lowest BCUT2D eigenvalue weighted by Crippen LogP contribution is -2.10. The highest BCUT2D eigenvalue weighted by Crippen LogP contribution is 2.34. The van der Waals surface area contributed by atoms with Crippen LogP contribution in [0.2, 0.25) is 10.0 Å². The molecule has 2 nitrogen and oxygen atoms in total. The smallest absolute Gasteiger partial charge is 0.228 e. The third-order valence-electron chi connectivity index (χ3n) is 4.46. The SMILES string of the molecule is FC(F)(F)c1cc(-c2ccc(Cl)c(Cl)c2)nc(-c2cccc(-c3ccccc3)c2)n1. The average Bonchev–Trinajstić information content (AvgIpc) is 2.75. The molecular formula is C23H13Cl2F3N2. The van der Waals surface area contributed by atoms with Crippen molar-refractivity contribution in [2.75, 3.05) is 0 Å². The van der Waals surface area contributed by atoms with E-state index in [9.17, 15) is 13.2 Å². The van der Waals surface area contributed by atoms with E-state index in [-0.39, 0.29) is 16.5 Å². The third-order valence-corrected chi connectivity index (χ3v) is 5.20. The summed E-state index contributed by atoms with van der Waals surface area (Å²) < 4.78 is 40.6. The van der Waals surface area contributed by atoms with Crippen molar-refractivity contribution in [2.45, 2.75) is 6.18 Å². The highest BCUT2D eigenvalue weighted by atomic mass is 35.5. The Bertz CT molecular complexity index is 1210. The quantitative estimate of drug-likeness (QED) is 0.322. The summed E-state index contributed by atoms with van der Waals surface area (Å²) in [6, 6.07) is 22.1. The van der Waals surface area contributed by atoms with Gasteiger partial charge in [-0.2, -0.15) is 13.2 Å². The van der Waals surface area contributed by atoms with Crippen LogP contribution in [0.25, 0.3) is 33.8 Å². The van der Waals surface area contributed by atoms with Crippen LogP contribution in [0.1, 0.15) is 5.69 Å². The fraction of sp³-hybridized carbons (Fsp3) is 0.0435. The van der Waals surface area contributed by atoms with Crippen LogP contribution in [-0.2, 0) is 6.18 Å². The maximum Gasteiger partial charge on any atom is 0.433 e. The van der Waals surface area contributed by atoms with E-state index in [0.29, 0.717) is 16.1 Å². The Labute approximate surface area is 181 Å². The number of nitrogens with zero attached hydrogens (tertiary/aromatic N) is 2. The third kappa shape index (κ3) is 4.32. The molecule has 0 saturated heterocycles. The van der Waals surface area contributed by atoms with Gasteiger partial charge in [0.15, 0.2) is 5.82 Å². The second kappa shape index (κ2) is 8.09. The molecule has 0 spiro atoms. The second-order valence-electron chi connectivity index (χ2n) is 6.54. The maximum absolute atomic E-state index is 13.5. The lowest BCUT2D eigenvalue weighted by atomic mass is 10.0. The monoisotopic (exact) mass is 444 g/mol. The van der Waals surface area contributed by atoms with E-state index < -0.39 is 11.9 Å². The summed E-state index contributed by atoms with van der Waals surface area (Å²) in [6.07, 6.45) is -4.63. The summed E-state index contributed by atoms with van der Waals surface area (Å²) in [7, 11) is 0. The molecule has 0 aliphatic carbocycles. The number of hydrogen-bond donors (Lipinski definition) is 0. The molecule has 0 unspecified atom stereocenters. The molecule has 0 aliphatic rings.